The molecule has 4 nitrogen and oxygen atoms in total. The van der Waals surface area contributed by atoms with Crippen LogP contribution in [0.3, 0.4) is 0 Å². The lowest BCUT2D eigenvalue weighted by molar-refractivity contribution is 0.0956. The van der Waals surface area contributed by atoms with Crippen LogP contribution in [0.15, 0.2) is 42.6 Å². The number of nitrogens with zero attached hydrogens (tertiary/aromatic N) is 2. The molecule has 2 aromatic rings. The van der Waals surface area contributed by atoms with Gasteiger partial charge in [-0.2, -0.15) is 11.8 Å². The molecule has 1 aromatic heterocycles. The number of benzene rings is 1. The minimum absolute atomic E-state index is 0.144. The van der Waals surface area contributed by atoms with Gasteiger partial charge in [0.1, 0.15) is 11.6 Å². The third kappa shape index (κ3) is 5.25. The van der Waals surface area contributed by atoms with Gasteiger partial charge in [-0.1, -0.05) is 18.2 Å². The Morgan fingerprint density at radius 1 is 1.26 bits per heavy atom. The van der Waals surface area contributed by atoms with E-state index < -0.39 is 0 Å². The summed E-state index contributed by atoms with van der Waals surface area (Å²) in [6, 6.07) is 10.3. The molecule has 0 spiro atoms. The van der Waals surface area contributed by atoms with Crippen molar-refractivity contribution < 1.29 is 9.18 Å². The number of aromatic nitrogens is 1. The third-order valence-electron chi connectivity index (χ3n) is 3.22. The maximum absolute atomic E-state index is 13.4. The van der Waals surface area contributed by atoms with Crippen molar-refractivity contribution in [2.75, 3.05) is 31.3 Å². The third-order valence-corrected chi connectivity index (χ3v) is 4.22. The molecule has 0 saturated carbocycles. The number of amides is 1. The Labute approximate surface area is 140 Å². The van der Waals surface area contributed by atoms with Gasteiger partial charge in [-0.15, -0.1) is 0 Å². The molecule has 0 aliphatic rings. The van der Waals surface area contributed by atoms with Crippen molar-refractivity contribution in [3.63, 3.8) is 0 Å². The average molecular weight is 333 g/mol. The largest absolute Gasteiger partial charge is 0.363 e. The van der Waals surface area contributed by atoms with Gasteiger partial charge in [0.25, 0.3) is 5.91 Å². The van der Waals surface area contributed by atoms with Crippen LogP contribution in [0.25, 0.3) is 0 Å². The lowest BCUT2D eigenvalue weighted by Crippen LogP contribution is -2.26. The number of anilines is 1. The summed E-state index contributed by atoms with van der Waals surface area (Å²) < 4.78 is 13.4. The second kappa shape index (κ2) is 8.53. The highest BCUT2D eigenvalue weighted by molar-refractivity contribution is 7.98. The summed E-state index contributed by atoms with van der Waals surface area (Å²) in [7, 11) is 3.80. The van der Waals surface area contributed by atoms with Crippen LogP contribution in [0.1, 0.15) is 15.9 Å². The molecule has 0 radical (unpaired) electrons. The molecule has 0 aliphatic carbocycles. The Morgan fingerprint density at radius 2 is 2.04 bits per heavy atom. The molecule has 0 fully saturated rings. The van der Waals surface area contributed by atoms with Crippen LogP contribution in [-0.4, -0.2) is 37.3 Å². The Hall–Kier alpha value is -2.08. The molecule has 0 unspecified atom stereocenters. The topological polar surface area (TPSA) is 45.2 Å². The Morgan fingerprint density at radius 3 is 2.70 bits per heavy atom. The van der Waals surface area contributed by atoms with E-state index in [1.165, 1.54) is 6.07 Å². The standard InChI is InChI=1S/C17H20FN3OS/c1-21(2)16-8-7-13(11-20-16)17(22)19-9-10-23-12-14-5-3-4-6-15(14)18/h3-8,11H,9-10,12H2,1-2H3,(H,19,22). The van der Waals surface area contributed by atoms with Gasteiger partial charge < -0.3 is 10.2 Å². The molecule has 1 N–H and O–H groups in total. The van der Waals surface area contributed by atoms with E-state index in [9.17, 15) is 9.18 Å². The van der Waals surface area contributed by atoms with Crippen molar-refractivity contribution in [2.45, 2.75) is 5.75 Å². The molecular formula is C17H20FN3OS. The van der Waals surface area contributed by atoms with Gasteiger partial charge in [0.05, 0.1) is 5.56 Å². The SMILES string of the molecule is CN(C)c1ccc(C(=O)NCCSCc2ccccc2F)cn1. The molecule has 23 heavy (non-hydrogen) atoms. The number of carbonyl (C=O) groups is 1. The van der Waals surface area contributed by atoms with Crippen LogP contribution in [-0.2, 0) is 5.75 Å². The second-order valence-corrected chi connectivity index (χ2v) is 6.30. The first kappa shape index (κ1) is 17.3. The summed E-state index contributed by atoms with van der Waals surface area (Å²) in [5.74, 6) is 1.80. The van der Waals surface area contributed by atoms with Crippen LogP contribution in [0.4, 0.5) is 10.2 Å². The van der Waals surface area contributed by atoms with E-state index in [0.29, 0.717) is 23.4 Å². The van der Waals surface area contributed by atoms with Gasteiger partial charge in [0.2, 0.25) is 0 Å². The highest BCUT2D eigenvalue weighted by Gasteiger charge is 2.06. The zero-order valence-electron chi connectivity index (χ0n) is 13.3. The van der Waals surface area contributed by atoms with Crippen molar-refractivity contribution in [3.05, 3.63) is 59.5 Å². The second-order valence-electron chi connectivity index (χ2n) is 5.20. The lowest BCUT2D eigenvalue weighted by atomic mass is 10.2. The van der Waals surface area contributed by atoms with E-state index in [-0.39, 0.29) is 11.7 Å². The molecule has 122 valence electrons. The fraction of sp³-hybridized carbons (Fsp3) is 0.294. The summed E-state index contributed by atoms with van der Waals surface area (Å²) >= 11 is 1.59. The van der Waals surface area contributed by atoms with Crippen LogP contribution in [0.2, 0.25) is 0 Å². The number of rotatable bonds is 7. The molecule has 0 bridgehead atoms. The van der Waals surface area contributed by atoms with E-state index in [2.05, 4.69) is 10.3 Å². The fourth-order valence-corrected chi connectivity index (χ4v) is 2.77. The fourth-order valence-electron chi connectivity index (χ4n) is 1.92. The van der Waals surface area contributed by atoms with E-state index in [0.717, 1.165) is 11.6 Å². The molecular weight excluding hydrogens is 313 g/mol. The quantitative estimate of drug-likeness (QED) is 0.791. The number of carbonyl (C=O) groups excluding carboxylic acids is 1. The zero-order chi connectivity index (χ0) is 16.7. The number of thioether (sulfide) groups is 1. The maximum Gasteiger partial charge on any atom is 0.252 e. The summed E-state index contributed by atoms with van der Waals surface area (Å²) in [6.45, 7) is 0.535. The minimum Gasteiger partial charge on any atom is -0.363 e. The van der Waals surface area contributed by atoms with Gasteiger partial charge in [-0.25, -0.2) is 9.37 Å². The van der Waals surface area contributed by atoms with Gasteiger partial charge in [0.15, 0.2) is 0 Å². The highest BCUT2D eigenvalue weighted by Crippen LogP contribution is 2.14. The highest BCUT2D eigenvalue weighted by atomic mass is 32.2. The Balaban J connectivity index is 1.71. The predicted molar refractivity (Wildman–Crippen MR) is 93.5 cm³/mol. The number of hydrogen-bond acceptors (Lipinski definition) is 4. The molecule has 1 amide bonds. The summed E-state index contributed by atoms with van der Waals surface area (Å²) in [5.41, 5.74) is 1.22. The lowest BCUT2D eigenvalue weighted by Gasteiger charge is -2.11. The van der Waals surface area contributed by atoms with Crippen LogP contribution in [0.5, 0.6) is 0 Å². The van der Waals surface area contributed by atoms with Crippen LogP contribution >= 0.6 is 11.8 Å². The minimum atomic E-state index is -0.184. The molecule has 0 saturated heterocycles. The molecule has 0 atom stereocenters. The van der Waals surface area contributed by atoms with Crippen molar-refractivity contribution in [2.24, 2.45) is 0 Å². The molecule has 6 heteroatoms. The van der Waals surface area contributed by atoms with Crippen molar-refractivity contribution in [1.82, 2.24) is 10.3 Å². The first-order valence-electron chi connectivity index (χ1n) is 7.30. The monoisotopic (exact) mass is 333 g/mol. The number of halogens is 1. The number of pyridine rings is 1. The molecule has 1 heterocycles. The van der Waals surface area contributed by atoms with Crippen LogP contribution < -0.4 is 10.2 Å². The molecule has 0 aliphatic heterocycles. The maximum atomic E-state index is 13.4. The van der Waals surface area contributed by atoms with Gasteiger partial charge >= 0.3 is 0 Å². The Bertz CT molecular complexity index is 647. The summed E-state index contributed by atoms with van der Waals surface area (Å²) in [6.07, 6.45) is 1.57. The van der Waals surface area contributed by atoms with Gasteiger partial charge in [0, 0.05) is 38.3 Å². The van der Waals surface area contributed by atoms with E-state index in [1.807, 2.05) is 31.1 Å². The zero-order valence-corrected chi connectivity index (χ0v) is 14.1. The van der Waals surface area contributed by atoms with Gasteiger partial charge in [-0.3, -0.25) is 4.79 Å². The molecule has 1 aromatic carbocycles. The van der Waals surface area contributed by atoms with Crippen molar-refractivity contribution in [3.8, 4) is 0 Å². The molecule has 2 rings (SSSR count). The number of hydrogen-bond donors (Lipinski definition) is 1. The predicted octanol–water partition coefficient (Wildman–Crippen LogP) is 2.95. The van der Waals surface area contributed by atoms with Crippen molar-refractivity contribution >= 4 is 23.5 Å². The number of nitrogens with one attached hydrogen (secondary N) is 1. The van der Waals surface area contributed by atoms with E-state index in [1.54, 1.807) is 36.2 Å². The van der Waals surface area contributed by atoms with Crippen molar-refractivity contribution in [1.29, 1.82) is 0 Å². The first-order valence-corrected chi connectivity index (χ1v) is 8.46. The Kier molecular flexibility index (Phi) is 6.40. The van der Waals surface area contributed by atoms with Gasteiger partial charge in [-0.05, 0) is 23.8 Å². The first-order chi connectivity index (χ1) is 11.1. The van der Waals surface area contributed by atoms with Crippen LogP contribution in [0, 0.1) is 5.82 Å². The smallest absolute Gasteiger partial charge is 0.252 e. The average Bonchev–Trinajstić information content (AvgIpc) is 2.56. The van der Waals surface area contributed by atoms with E-state index in [4.69, 9.17) is 0 Å². The summed E-state index contributed by atoms with van der Waals surface area (Å²) in [4.78, 5) is 18.1. The summed E-state index contributed by atoms with van der Waals surface area (Å²) in [5, 5.41) is 2.84. The normalized spacial score (nSPS) is 10.4. The van der Waals surface area contributed by atoms with E-state index >= 15 is 0 Å².